The van der Waals surface area contributed by atoms with Crippen molar-refractivity contribution >= 4 is 50.8 Å². The minimum atomic E-state index is -1.86. The molecule has 0 aliphatic heterocycles. The quantitative estimate of drug-likeness (QED) is 0.101. The summed E-state index contributed by atoms with van der Waals surface area (Å²) < 4.78 is 10.4. The minimum Gasteiger partial charge on any atom is -0.501 e. The Morgan fingerprint density at radius 1 is 0.612 bits per heavy atom. The summed E-state index contributed by atoms with van der Waals surface area (Å²) in [6, 6.07) is 57.3. The Kier molecular flexibility index (Phi) is 14.3. The van der Waals surface area contributed by atoms with Gasteiger partial charge in [-0.15, -0.1) is 18.2 Å². The second-order valence-electron chi connectivity index (χ2n) is 19.4. The van der Waals surface area contributed by atoms with Crippen LogP contribution in [0, 0.1) is 18.1 Å². The van der Waals surface area contributed by atoms with E-state index in [0.717, 1.165) is 79.0 Å². The van der Waals surface area contributed by atoms with Gasteiger partial charge in [-0.3, -0.25) is 4.98 Å². The zero-order chi connectivity index (χ0) is 46.1. The molecule has 7 heteroatoms. The van der Waals surface area contributed by atoms with Gasteiger partial charge in [0.1, 0.15) is 5.58 Å². The largest absolute Gasteiger partial charge is 0.501 e. The zero-order valence-corrected chi connectivity index (χ0v) is 44.5. The van der Waals surface area contributed by atoms with Gasteiger partial charge in [0.05, 0.1) is 16.9 Å². The summed E-state index contributed by atoms with van der Waals surface area (Å²) in [5.41, 5.74) is 15.9. The van der Waals surface area contributed by atoms with Gasteiger partial charge in [0.2, 0.25) is 0 Å². The number of hydrogen-bond acceptors (Lipinski definition) is 4. The number of furan rings is 1. The van der Waals surface area contributed by atoms with E-state index in [1.54, 1.807) is 4.40 Å². The number of hydrogen-bond donors (Lipinski definition) is 0. The number of imidazole rings is 1. The molecule has 0 saturated heterocycles. The van der Waals surface area contributed by atoms with Crippen molar-refractivity contribution in [2.45, 2.75) is 77.1 Å². The number of para-hydroxylation sites is 1. The summed E-state index contributed by atoms with van der Waals surface area (Å²) >= 11 is -1.86. The summed E-state index contributed by atoms with van der Waals surface area (Å²) in [5, 5.41) is 2.13. The third kappa shape index (κ3) is 9.90. The molecule has 1 radical (unpaired) electrons. The van der Waals surface area contributed by atoms with E-state index in [9.17, 15) is 0 Å². The van der Waals surface area contributed by atoms with Crippen LogP contribution in [0.3, 0.4) is 0 Å². The van der Waals surface area contributed by atoms with Crippen LogP contribution >= 0.6 is 0 Å². The van der Waals surface area contributed by atoms with Gasteiger partial charge in [0.15, 0.2) is 5.65 Å². The van der Waals surface area contributed by atoms with Crippen LogP contribution < -0.4 is 4.40 Å². The maximum Gasteiger partial charge on any atom is 0.155 e. The molecule has 6 aromatic carbocycles. The SMILES string of the molecule is CC(C)Cc1cc(-c2[c-]cccc2)nc[c]1[Ge]([CH3])([CH3])[CH3].CC(C)c1cc(-c2ccccc2)cc(C(C)C)c1-n1c(-c2[c-]ccc3c2oc2ccccc23)nc2cc(-c3ccccc3)cnc21.[Ir]. The monoisotopic (exact) mass is 1120 g/mol. The Labute approximate surface area is 412 Å². The first kappa shape index (κ1) is 47.6. The molecule has 0 aliphatic carbocycles. The molecule has 0 N–H and O–H groups in total. The molecule has 5 nitrogen and oxygen atoms in total. The van der Waals surface area contributed by atoms with E-state index in [1.165, 1.54) is 27.8 Å². The van der Waals surface area contributed by atoms with Crippen molar-refractivity contribution in [3.63, 3.8) is 0 Å². The maximum atomic E-state index is 6.55. The summed E-state index contributed by atoms with van der Waals surface area (Å²) in [4.78, 5) is 15.2. The first-order chi connectivity index (χ1) is 31.9. The number of pyridine rings is 2. The molecule has 0 atom stereocenters. The maximum absolute atomic E-state index is 6.55. The Morgan fingerprint density at radius 3 is 1.88 bits per heavy atom. The molecule has 0 fully saturated rings. The van der Waals surface area contributed by atoms with E-state index in [4.69, 9.17) is 19.4 Å². The van der Waals surface area contributed by atoms with E-state index < -0.39 is 13.3 Å². The van der Waals surface area contributed by atoms with Crippen molar-refractivity contribution < 1.29 is 24.5 Å². The topological polar surface area (TPSA) is 56.7 Å². The molecule has 4 heterocycles. The van der Waals surface area contributed by atoms with E-state index in [2.05, 4.69) is 185 Å². The van der Waals surface area contributed by atoms with E-state index in [1.807, 2.05) is 48.7 Å². The normalized spacial score (nSPS) is 11.7. The van der Waals surface area contributed by atoms with Gasteiger partial charge < -0.3 is 8.98 Å². The number of nitrogens with zero attached hydrogens (tertiary/aromatic N) is 4. The minimum absolute atomic E-state index is 0. The van der Waals surface area contributed by atoms with Crippen LogP contribution in [-0.4, -0.2) is 32.8 Å². The fraction of sp³-hybridized carbons (Fsp3) is 0.217. The van der Waals surface area contributed by atoms with Gasteiger partial charge in [-0.05, 0) is 63.9 Å². The molecular formula is C60H58GeIrN4O-2. The average Bonchev–Trinajstić information content (AvgIpc) is 3.90. The fourth-order valence-electron chi connectivity index (χ4n) is 9.09. The summed E-state index contributed by atoms with van der Waals surface area (Å²) in [7, 11) is 0. The predicted molar refractivity (Wildman–Crippen MR) is 279 cm³/mol. The standard InChI is InChI=1S/C42H34N3O.C18H24GeN.Ir/c1-26(2)35-22-30(28-14-7-5-8-15-28)23-36(27(3)4)39(35)45-41(34-20-13-19-33-32-18-11-12-21-38(32)46-40(33)34)44-37-24-31(25-43-42(37)45)29-16-9-6-10-17-29;1-14(2)11-16-12-18(15-9-7-6-8-10-15)20-13-17(16)19(3,4)5;/h5-19,21-27H,1-4H3;6-9,12-14H,11H2,1-5H3;/q2*-1;. The summed E-state index contributed by atoms with van der Waals surface area (Å²) in [6.45, 7) is 13.6. The van der Waals surface area contributed by atoms with Crippen molar-refractivity contribution in [3.05, 3.63) is 187 Å². The zero-order valence-electron chi connectivity index (χ0n) is 40.0. The molecule has 4 aromatic heterocycles. The van der Waals surface area contributed by atoms with Crippen LogP contribution in [0.25, 0.3) is 83.7 Å². The van der Waals surface area contributed by atoms with E-state index >= 15 is 0 Å². The molecule has 0 bridgehead atoms. The predicted octanol–water partition coefficient (Wildman–Crippen LogP) is 15.7. The average molecular weight is 1120 g/mol. The van der Waals surface area contributed by atoms with Crippen molar-refractivity contribution in [1.82, 2.24) is 19.5 Å². The molecule has 0 saturated carbocycles. The first-order valence-corrected chi connectivity index (χ1v) is 30.7. The van der Waals surface area contributed by atoms with Gasteiger partial charge in [-0.2, -0.15) is 0 Å². The fourth-order valence-corrected chi connectivity index (χ4v) is 12.4. The third-order valence-corrected chi connectivity index (χ3v) is 16.7. The van der Waals surface area contributed by atoms with Crippen LogP contribution in [-0.2, 0) is 26.5 Å². The second-order valence-corrected chi connectivity index (χ2v) is 30.0. The van der Waals surface area contributed by atoms with Gasteiger partial charge in [0.25, 0.3) is 0 Å². The van der Waals surface area contributed by atoms with E-state index in [0.29, 0.717) is 5.92 Å². The van der Waals surface area contributed by atoms with Crippen LogP contribution in [0.4, 0.5) is 0 Å². The first-order valence-electron chi connectivity index (χ1n) is 23.3. The molecule has 339 valence electrons. The third-order valence-electron chi connectivity index (χ3n) is 12.3. The van der Waals surface area contributed by atoms with Crippen LogP contribution in [0.5, 0.6) is 0 Å². The number of rotatable bonds is 10. The second kappa shape index (κ2) is 20.1. The van der Waals surface area contributed by atoms with Gasteiger partial charge in [-0.1, -0.05) is 118 Å². The van der Waals surface area contributed by atoms with Crippen molar-refractivity contribution in [3.8, 4) is 50.6 Å². The molecule has 0 spiro atoms. The number of benzene rings is 6. The Balaban J connectivity index is 0.000000244. The molecule has 0 amide bonds. The smallest absolute Gasteiger partial charge is 0.155 e. The van der Waals surface area contributed by atoms with Gasteiger partial charge in [0, 0.05) is 42.9 Å². The Hall–Kier alpha value is -5.92. The van der Waals surface area contributed by atoms with Crippen molar-refractivity contribution in [2.24, 2.45) is 5.92 Å². The Morgan fingerprint density at radius 2 is 1.25 bits per heavy atom. The van der Waals surface area contributed by atoms with Crippen LogP contribution in [0.1, 0.15) is 70.1 Å². The Bertz CT molecular complexity index is 3260. The van der Waals surface area contributed by atoms with Gasteiger partial charge in [-0.25, -0.2) is 4.98 Å². The molecule has 0 aliphatic rings. The molecule has 67 heavy (non-hydrogen) atoms. The van der Waals surface area contributed by atoms with E-state index in [-0.39, 0.29) is 31.9 Å². The number of aromatic nitrogens is 4. The van der Waals surface area contributed by atoms with Crippen LogP contribution in [0.2, 0.25) is 17.3 Å². The molecule has 10 aromatic rings. The summed E-state index contributed by atoms with van der Waals surface area (Å²) in [5.74, 6) is 9.26. The molecular weight excluding hydrogens is 1060 g/mol. The van der Waals surface area contributed by atoms with Gasteiger partial charge >= 0.3 is 126 Å². The molecule has 10 rings (SSSR count). The van der Waals surface area contributed by atoms with Crippen LogP contribution in [0.15, 0.2) is 162 Å². The molecule has 0 unspecified atom stereocenters. The van der Waals surface area contributed by atoms with Crippen molar-refractivity contribution in [1.29, 1.82) is 0 Å². The van der Waals surface area contributed by atoms with Crippen molar-refractivity contribution in [2.75, 3.05) is 0 Å². The number of fused-ring (bicyclic) bond motifs is 4. The summed E-state index contributed by atoms with van der Waals surface area (Å²) in [6.07, 6.45) is 5.24.